The monoisotopic (exact) mass is 320 g/mol. The van der Waals surface area contributed by atoms with E-state index in [1.54, 1.807) is 24.3 Å². The third kappa shape index (κ3) is 4.05. The predicted molar refractivity (Wildman–Crippen MR) is 84.2 cm³/mol. The summed E-state index contributed by atoms with van der Waals surface area (Å²) in [5, 5.41) is 15.5. The molecule has 0 saturated carbocycles. The highest BCUT2D eigenvalue weighted by atomic mass is 32.1. The second-order valence-corrected chi connectivity index (χ2v) is 5.80. The van der Waals surface area contributed by atoms with Gasteiger partial charge in [0.1, 0.15) is 5.75 Å². The fourth-order valence-corrected chi connectivity index (χ4v) is 2.73. The molecular weight excluding hydrogens is 304 g/mol. The quantitative estimate of drug-likeness (QED) is 0.655. The van der Waals surface area contributed by atoms with E-state index in [2.05, 4.69) is 5.32 Å². The molecular formula is C15H16N2O4S. The van der Waals surface area contributed by atoms with Crippen molar-refractivity contribution in [1.29, 1.82) is 0 Å². The molecule has 2 aromatic rings. The third-order valence-electron chi connectivity index (χ3n) is 3.15. The summed E-state index contributed by atoms with van der Waals surface area (Å²) in [6, 6.07) is 6.41. The van der Waals surface area contributed by atoms with Crippen LogP contribution in [0.25, 0.3) is 0 Å². The molecule has 0 aliphatic heterocycles. The van der Waals surface area contributed by atoms with Crippen molar-refractivity contribution in [3.63, 3.8) is 0 Å². The minimum absolute atomic E-state index is 0.0324. The van der Waals surface area contributed by atoms with Crippen molar-refractivity contribution in [3.05, 3.63) is 55.8 Å². The largest absolute Gasteiger partial charge is 0.484 e. The normalized spacial score (nSPS) is 10.3. The maximum Gasteiger partial charge on any atom is 0.272 e. The summed E-state index contributed by atoms with van der Waals surface area (Å²) in [5.41, 5.74) is 1.68. The average Bonchev–Trinajstić information content (AvgIpc) is 2.88. The molecule has 1 aromatic carbocycles. The molecule has 0 atom stereocenters. The number of nitro benzene ring substituents is 1. The first-order valence-corrected chi connectivity index (χ1v) is 7.53. The molecule has 22 heavy (non-hydrogen) atoms. The molecule has 6 nitrogen and oxygen atoms in total. The van der Waals surface area contributed by atoms with Gasteiger partial charge in [0.25, 0.3) is 11.6 Å². The van der Waals surface area contributed by atoms with E-state index >= 15 is 0 Å². The molecule has 0 radical (unpaired) electrons. The third-order valence-corrected chi connectivity index (χ3v) is 4.17. The van der Waals surface area contributed by atoms with Crippen LogP contribution in [0.4, 0.5) is 5.69 Å². The van der Waals surface area contributed by atoms with Gasteiger partial charge in [-0.05, 0) is 43.0 Å². The number of thiophene rings is 1. The van der Waals surface area contributed by atoms with Gasteiger partial charge in [-0.3, -0.25) is 14.9 Å². The molecule has 116 valence electrons. The second-order valence-electron chi connectivity index (χ2n) is 4.80. The van der Waals surface area contributed by atoms with Gasteiger partial charge in [-0.1, -0.05) is 0 Å². The smallest absolute Gasteiger partial charge is 0.272 e. The fraction of sp³-hybridized carbons (Fsp3) is 0.267. The number of rotatable bonds is 6. The van der Waals surface area contributed by atoms with Gasteiger partial charge < -0.3 is 10.1 Å². The summed E-state index contributed by atoms with van der Waals surface area (Å²) < 4.78 is 5.35. The van der Waals surface area contributed by atoms with E-state index in [-0.39, 0.29) is 18.2 Å². The van der Waals surface area contributed by atoms with E-state index in [0.717, 1.165) is 10.4 Å². The van der Waals surface area contributed by atoms with Gasteiger partial charge in [0, 0.05) is 16.5 Å². The standard InChI is InChI=1S/C15H16N2O4S/c1-10-5-6-22-14(10)8-16-15(18)9-21-12-3-4-13(17(19)20)11(2)7-12/h3-7H,8-9H2,1-2H3,(H,16,18). The van der Waals surface area contributed by atoms with Crippen molar-refractivity contribution in [3.8, 4) is 5.75 Å². The predicted octanol–water partition coefficient (Wildman–Crippen LogP) is 2.97. The van der Waals surface area contributed by atoms with Crippen molar-refractivity contribution < 1.29 is 14.5 Å². The topological polar surface area (TPSA) is 81.5 Å². The van der Waals surface area contributed by atoms with Crippen LogP contribution in [0.1, 0.15) is 16.0 Å². The summed E-state index contributed by atoms with van der Waals surface area (Å²) in [6.07, 6.45) is 0. The van der Waals surface area contributed by atoms with Crippen LogP contribution in [-0.4, -0.2) is 17.4 Å². The molecule has 2 rings (SSSR count). The molecule has 0 aliphatic carbocycles. The lowest BCUT2D eigenvalue weighted by atomic mass is 10.2. The summed E-state index contributed by atoms with van der Waals surface area (Å²) in [4.78, 5) is 23.1. The first kappa shape index (κ1) is 16.0. The maximum absolute atomic E-state index is 11.7. The summed E-state index contributed by atoms with van der Waals surface area (Å²) in [5.74, 6) is 0.203. The SMILES string of the molecule is Cc1cc(OCC(=O)NCc2sccc2C)ccc1[N+](=O)[O-]. The minimum atomic E-state index is -0.449. The number of nitrogens with one attached hydrogen (secondary N) is 1. The number of carbonyl (C=O) groups excluding carboxylic acids is 1. The summed E-state index contributed by atoms with van der Waals surface area (Å²) in [6.45, 7) is 3.98. The van der Waals surface area contributed by atoms with Crippen LogP contribution in [0.15, 0.2) is 29.6 Å². The number of carbonyl (C=O) groups is 1. The minimum Gasteiger partial charge on any atom is -0.484 e. The van der Waals surface area contributed by atoms with Gasteiger partial charge in [-0.15, -0.1) is 11.3 Å². The van der Waals surface area contributed by atoms with E-state index in [1.165, 1.54) is 12.1 Å². The van der Waals surface area contributed by atoms with Crippen LogP contribution in [0.2, 0.25) is 0 Å². The molecule has 0 bridgehead atoms. The Balaban J connectivity index is 1.85. The molecule has 0 saturated heterocycles. The van der Waals surface area contributed by atoms with Crippen molar-refractivity contribution >= 4 is 22.9 Å². The molecule has 1 N–H and O–H groups in total. The molecule has 0 fully saturated rings. The Morgan fingerprint density at radius 3 is 2.68 bits per heavy atom. The number of hydrogen-bond acceptors (Lipinski definition) is 5. The van der Waals surface area contributed by atoms with E-state index < -0.39 is 4.92 Å². The van der Waals surface area contributed by atoms with Gasteiger partial charge >= 0.3 is 0 Å². The van der Waals surface area contributed by atoms with Crippen LogP contribution >= 0.6 is 11.3 Å². The Kier molecular flexibility index (Phi) is 5.11. The van der Waals surface area contributed by atoms with Gasteiger partial charge in [0.15, 0.2) is 6.61 Å². The Hall–Kier alpha value is -2.41. The van der Waals surface area contributed by atoms with Gasteiger partial charge in [0.05, 0.1) is 11.5 Å². The Bertz CT molecular complexity index is 697. The number of nitrogens with zero attached hydrogens (tertiary/aromatic N) is 1. The first-order valence-electron chi connectivity index (χ1n) is 6.65. The number of benzene rings is 1. The van der Waals surface area contributed by atoms with E-state index in [1.807, 2.05) is 18.4 Å². The van der Waals surface area contributed by atoms with E-state index in [9.17, 15) is 14.9 Å². The molecule has 0 aliphatic rings. The average molecular weight is 320 g/mol. The number of nitro groups is 1. The number of aryl methyl sites for hydroxylation is 2. The number of ether oxygens (including phenoxy) is 1. The molecule has 1 amide bonds. The molecule has 0 unspecified atom stereocenters. The maximum atomic E-state index is 11.7. The van der Waals surface area contributed by atoms with Gasteiger partial charge in [-0.25, -0.2) is 0 Å². The lowest BCUT2D eigenvalue weighted by Gasteiger charge is -2.08. The van der Waals surface area contributed by atoms with Gasteiger partial charge in [-0.2, -0.15) is 0 Å². The van der Waals surface area contributed by atoms with Crippen LogP contribution in [0.5, 0.6) is 5.75 Å². The van der Waals surface area contributed by atoms with E-state index in [0.29, 0.717) is 17.9 Å². The Labute approximate surface area is 131 Å². The fourth-order valence-electron chi connectivity index (χ4n) is 1.89. The highest BCUT2D eigenvalue weighted by molar-refractivity contribution is 7.10. The van der Waals surface area contributed by atoms with Gasteiger partial charge in [0.2, 0.25) is 0 Å². The zero-order valence-corrected chi connectivity index (χ0v) is 13.1. The number of amides is 1. The highest BCUT2D eigenvalue weighted by Gasteiger charge is 2.11. The van der Waals surface area contributed by atoms with Crippen LogP contribution in [0.3, 0.4) is 0 Å². The lowest BCUT2D eigenvalue weighted by molar-refractivity contribution is -0.385. The van der Waals surface area contributed by atoms with Crippen molar-refractivity contribution in [1.82, 2.24) is 5.32 Å². The highest BCUT2D eigenvalue weighted by Crippen LogP contribution is 2.23. The van der Waals surface area contributed by atoms with Crippen molar-refractivity contribution in [2.45, 2.75) is 20.4 Å². The van der Waals surface area contributed by atoms with E-state index in [4.69, 9.17) is 4.74 Å². The zero-order valence-electron chi connectivity index (χ0n) is 12.3. The molecule has 0 spiro atoms. The van der Waals surface area contributed by atoms with Crippen LogP contribution in [-0.2, 0) is 11.3 Å². The second kappa shape index (κ2) is 7.04. The van der Waals surface area contributed by atoms with Crippen LogP contribution < -0.4 is 10.1 Å². The summed E-state index contributed by atoms with van der Waals surface area (Å²) >= 11 is 1.59. The molecule has 7 heteroatoms. The molecule has 1 heterocycles. The zero-order chi connectivity index (χ0) is 16.1. The Morgan fingerprint density at radius 1 is 1.32 bits per heavy atom. The molecule has 1 aromatic heterocycles. The van der Waals surface area contributed by atoms with Crippen LogP contribution in [0, 0.1) is 24.0 Å². The Morgan fingerprint density at radius 2 is 2.09 bits per heavy atom. The lowest BCUT2D eigenvalue weighted by Crippen LogP contribution is -2.28. The van der Waals surface area contributed by atoms with Crippen molar-refractivity contribution in [2.24, 2.45) is 0 Å². The first-order chi connectivity index (χ1) is 10.5. The van der Waals surface area contributed by atoms with Crippen molar-refractivity contribution in [2.75, 3.05) is 6.61 Å². The number of hydrogen-bond donors (Lipinski definition) is 1. The summed E-state index contributed by atoms with van der Waals surface area (Å²) in [7, 11) is 0.